The molecule has 0 saturated heterocycles. The number of nitrogens with zero attached hydrogens (tertiary/aromatic N) is 1. The van der Waals surface area contributed by atoms with Gasteiger partial charge in [0.2, 0.25) is 0 Å². The standard InChI is InChI=1S/C22H20ClNO/c1-16-5-3-8-22(17(16)2)24-14-19-6-4-7-21(13-19)25-15-18-9-11-20(23)12-10-18/h3-14H,15H2,1-2H3. The molecule has 126 valence electrons. The molecule has 0 aliphatic rings. The van der Waals surface area contributed by atoms with Crippen LogP contribution >= 0.6 is 11.6 Å². The van der Waals surface area contributed by atoms with Gasteiger partial charge in [0.25, 0.3) is 0 Å². The molecule has 0 aromatic heterocycles. The highest BCUT2D eigenvalue weighted by Gasteiger charge is 2.00. The van der Waals surface area contributed by atoms with E-state index in [9.17, 15) is 0 Å². The summed E-state index contributed by atoms with van der Waals surface area (Å²) in [6.07, 6.45) is 1.87. The van der Waals surface area contributed by atoms with Gasteiger partial charge in [-0.2, -0.15) is 0 Å². The highest BCUT2D eigenvalue weighted by atomic mass is 35.5. The summed E-state index contributed by atoms with van der Waals surface area (Å²) in [7, 11) is 0. The minimum absolute atomic E-state index is 0.509. The first-order valence-electron chi connectivity index (χ1n) is 8.19. The largest absolute Gasteiger partial charge is 0.489 e. The molecule has 3 aromatic carbocycles. The van der Waals surface area contributed by atoms with Crippen molar-refractivity contribution in [2.45, 2.75) is 20.5 Å². The summed E-state index contributed by atoms with van der Waals surface area (Å²) >= 11 is 5.90. The zero-order valence-corrected chi connectivity index (χ0v) is 15.1. The van der Waals surface area contributed by atoms with E-state index >= 15 is 0 Å². The second kappa shape index (κ2) is 8.00. The summed E-state index contributed by atoms with van der Waals surface area (Å²) in [5.41, 5.74) is 5.53. The predicted octanol–water partition coefficient (Wildman–Crippen LogP) is 6.29. The average Bonchev–Trinajstić information content (AvgIpc) is 2.63. The van der Waals surface area contributed by atoms with E-state index in [1.165, 1.54) is 11.1 Å². The maximum absolute atomic E-state index is 5.90. The van der Waals surface area contributed by atoms with Crippen LogP contribution in [0.25, 0.3) is 0 Å². The molecule has 0 radical (unpaired) electrons. The Morgan fingerprint density at radius 2 is 1.72 bits per heavy atom. The minimum atomic E-state index is 0.509. The molecule has 2 nitrogen and oxygen atoms in total. The molecule has 0 bridgehead atoms. The van der Waals surface area contributed by atoms with Gasteiger partial charge in [-0.3, -0.25) is 4.99 Å². The summed E-state index contributed by atoms with van der Waals surface area (Å²) < 4.78 is 5.86. The average molecular weight is 350 g/mol. The van der Waals surface area contributed by atoms with Gasteiger partial charge in [-0.1, -0.05) is 48.0 Å². The lowest BCUT2D eigenvalue weighted by molar-refractivity contribution is 0.306. The van der Waals surface area contributed by atoms with E-state index in [0.717, 1.165) is 27.6 Å². The fraction of sp³-hybridized carbons (Fsp3) is 0.136. The fourth-order valence-corrected chi connectivity index (χ4v) is 2.58. The van der Waals surface area contributed by atoms with Crippen LogP contribution in [0.15, 0.2) is 71.7 Å². The van der Waals surface area contributed by atoms with Gasteiger partial charge < -0.3 is 4.74 Å². The normalized spacial score (nSPS) is 11.0. The van der Waals surface area contributed by atoms with Gasteiger partial charge in [0.05, 0.1) is 5.69 Å². The lowest BCUT2D eigenvalue weighted by Crippen LogP contribution is -1.95. The van der Waals surface area contributed by atoms with Crippen LogP contribution in [0.1, 0.15) is 22.3 Å². The first-order chi connectivity index (χ1) is 12.1. The van der Waals surface area contributed by atoms with E-state index in [1.54, 1.807) is 0 Å². The Kier molecular flexibility index (Phi) is 5.52. The number of hydrogen-bond donors (Lipinski definition) is 0. The number of ether oxygens (including phenoxy) is 1. The SMILES string of the molecule is Cc1cccc(N=Cc2cccc(OCc3ccc(Cl)cc3)c2)c1C. The summed E-state index contributed by atoms with van der Waals surface area (Å²) in [6.45, 7) is 4.70. The lowest BCUT2D eigenvalue weighted by atomic mass is 10.1. The molecule has 0 spiro atoms. The van der Waals surface area contributed by atoms with Crippen LogP contribution in [0.2, 0.25) is 5.02 Å². The second-order valence-corrected chi connectivity index (χ2v) is 6.40. The molecule has 0 unspecified atom stereocenters. The number of rotatable bonds is 5. The van der Waals surface area contributed by atoms with Crippen LogP contribution in [-0.2, 0) is 6.61 Å². The van der Waals surface area contributed by atoms with Gasteiger partial charge >= 0.3 is 0 Å². The summed E-state index contributed by atoms with van der Waals surface area (Å²) in [4.78, 5) is 4.61. The van der Waals surface area contributed by atoms with Crippen molar-refractivity contribution < 1.29 is 4.74 Å². The molecule has 3 rings (SSSR count). The molecular weight excluding hydrogens is 330 g/mol. The Balaban J connectivity index is 1.69. The predicted molar refractivity (Wildman–Crippen MR) is 105 cm³/mol. The molecule has 3 heteroatoms. The highest BCUT2D eigenvalue weighted by Crippen LogP contribution is 2.22. The van der Waals surface area contributed by atoms with Crippen LogP contribution in [0, 0.1) is 13.8 Å². The number of benzene rings is 3. The number of hydrogen-bond acceptors (Lipinski definition) is 2. The van der Waals surface area contributed by atoms with Crippen LogP contribution in [-0.4, -0.2) is 6.21 Å². The summed E-state index contributed by atoms with van der Waals surface area (Å²) in [5, 5.41) is 0.730. The molecule has 0 heterocycles. The van der Waals surface area contributed by atoms with Gasteiger partial charge in [0.1, 0.15) is 12.4 Å². The molecule has 0 amide bonds. The van der Waals surface area contributed by atoms with Gasteiger partial charge in [-0.05, 0) is 66.4 Å². The van der Waals surface area contributed by atoms with E-state index in [2.05, 4.69) is 24.9 Å². The van der Waals surface area contributed by atoms with Crippen LogP contribution in [0.3, 0.4) is 0 Å². The van der Waals surface area contributed by atoms with Crippen molar-refractivity contribution in [3.63, 3.8) is 0 Å². The third-order valence-corrected chi connectivity index (χ3v) is 4.36. The molecule has 0 atom stereocenters. The molecule has 0 fully saturated rings. The first-order valence-corrected chi connectivity index (χ1v) is 8.57. The molecule has 0 aliphatic carbocycles. The van der Waals surface area contributed by atoms with E-state index in [4.69, 9.17) is 16.3 Å². The maximum Gasteiger partial charge on any atom is 0.120 e. The van der Waals surface area contributed by atoms with Gasteiger partial charge in [-0.15, -0.1) is 0 Å². The molecule has 0 saturated carbocycles. The Hall–Kier alpha value is -2.58. The zero-order valence-electron chi connectivity index (χ0n) is 14.4. The van der Waals surface area contributed by atoms with Crippen molar-refractivity contribution in [3.05, 3.63) is 94.0 Å². The Morgan fingerprint density at radius 1 is 0.960 bits per heavy atom. The van der Waals surface area contributed by atoms with Gasteiger partial charge in [-0.25, -0.2) is 0 Å². The molecule has 3 aromatic rings. The summed E-state index contributed by atoms with van der Waals surface area (Å²) in [5.74, 6) is 0.819. The van der Waals surface area contributed by atoms with E-state index in [0.29, 0.717) is 6.61 Å². The third kappa shape index (κ3) is 4.71. The van der Waals surface area contributed by atoms with Crippen LogP contribution in [0.4, 0.5) is 5.69 Å². The van der Waals surface area contributed by atoms with Crippen molar-refractivity contribution in [1.82, 2.24) is 0 Å². The zero-order chi connectivity index (χ0) is 17.6. The van der Waals surface area contributed by atoms with E-state index < -0.39 is 0 Å². The monoisotopic (exact) mass is 349 g/mol. The van der Waals surface area contributed by atoms with E-state index in [1.807, 2.05) is 66.9 Å². The fourth-order valence-electron chi connectivity index (χ4n) is 2.45. The van der Waals surface area contributed by atoms with Crippen LogP contribution < -0.4 is 4.74 Å². The lowest BCUT2D eigenvalue weighted by Gasteiger charge is -2.07. The van der Waals surface area contributed by atoms with Crippen molar-refractivity contribution >= 4 is 23.5 Å². The Bertz CT molecular complexity index is 885. The smallest absolute Gasteiger partial charge is 0.120 e. The molecule has 0 aliphatic heterocycles. The second-order valence-electron chi connectivity index (χ2n) is 5.96. The summed E-state index contributed by atoms with van der Waals surface area (Å²) in [6, 6.07) is 21.8. The third-order valence-electron chi connectivity index (χ3n) is 4.11. The quantitative estimate of drug-likeness (QED) is 0.496. The van der Waals surface area contributed by atoms with Crippen molar-refractivity contribution in [1.29, 1.82) is 0 Å². The molecule has 0 N–H and O–H groups in total. The minimum Gasteiger partial charge on any atom is -0.489 e. The first kappa shape index (κ1) is 17.2. The number of aryl methyl sites for hydroxylation is 1. The van der Waals surface area contributed by atoms with E-state index in [-0.39, 0.29) is 0 Å². The highest BCUT2D eigenvalue weighted by molar-refractivity contribution is 6.30. The van der Waals surface area contributed by atoms with Gasteiger partial charge in [0, 0.05) is 11.2 Å². The van der Waals surface area contributed by atoms with Crippen molar-refractivity contribution in [3.8, 4) is 5.75 Å². The molecular formula is C22H20ClNO. The van der Waals surface area contributed by atoms with Gasteiger partial charge in [0.15, 0.2) is 0 Å². The number of aliphatic imine (C=N–C) groups is 1. The maximum atomic E-state index is 5.90. The van der Waals surface area contributed by atoms with Crippen molar-refractivity contribution in [2.75, 3.05) is 0 Å². The van der Waals surface area contributed by atoms with Crippen molar-refractivity contribution in [2.24, 2.45) is 4.99 Å². The topological polar surface area (TPSA) is 21.6 Å². The Morgan fingerprint density at radius 3 is 2.52 bits per heavy atom. The Labute approximate surface area is 153 Å². The number of halogens is 1. The molecule has 25 heavy (non-hydrogen) atoms. The van der Waals surface area contributed by atoms with Crippen LogP contribution in [0.5, 0.6) is 5.75 Å².